The molecule has 0 saturated heterocycles. The van der Waals surface area contributed by atoms with Gasteiger partial charge < -0.3 is 10.1 Å². The van der Waals surface area contributed by atoms with Gasteiger partial charge in [0.15, 0.2) is 0 Å². The van der Waals surface area contributed by atoms with Gasteiger partial charge >= 0.3 is 6.03 Å². The minimum Gasteiger partial charge on any atom is -0.497 e. The maximum atomic E-state index is 12.8. The van der Waals surface area contributed by atoms with Gasteiger partial charge in [-0.05, 0) is 41.8 Å². The summed E-state index contributed by atoms with van der Waals surface area (Å²) in [6.07, 6.45) is 0.768. The first kappa shape index (κ1) is 18.5. The largest absolute Gasteiger partial charge is 0.497 e. The Morgan fingerprint density at radius 1 is 0.852 bits per heavy atom. The van der Waals surface area contributed by atoms with E-state index in [1.165, 1.54) is 0 Å². The van der Waals surface area contributed by atoms with Crippen LogP contribution in [0, 0.1) is 0 Å². The summed E-state index contributed by atoms with van der Waals surface area (Å²) in [5, 5.41) is 3.03. The number of rotatable bonds is 7. The zero-order chi connectivity index (χ0) is 18.9. The van der Waals surface area contributed by atoms with Gasteiger partial charge in [0, 0.05) is 12.2 Å². The van der Waals surface area contributed by atoms with Gasteiger partial charge in [-0.3, -0.25) is 4.90 Å². The first-order chi connectivity index (χ1) is 13.3. The number of carbonyl (C=O) groups excluding carboxylic acids is 1. The summed E-state index contributed by atoms with van der Waals surface area (Å²) < 4.78 is 5.17. The number of nitrogens with one attached hydrogen (secondary N) is 1. The SMILES string of the molecule is COc1ccc(CCNC(=O)N(Cc2ccccc2)c2ccccc2)cc1. The fourth-order valence-corrected chi connectivity index (χ4v) is 2.86. The lowest BCUT2D eigenvalue weighted by Crippen LogP contribution is -2.40. The van der Waals surface area contributed by atoms with Gasteiger partial charge in [-0.2, -0.15) is 0 Å². The van der Waals surface area contributed by atoms with Crippen LogP contribution in [0.2, 0.25) is 0 Å². The number of urea groups is 1. The molecule has 4 nitrogen and oxygen atoms in total. The van der Waals surface area contributed by atoms with Gasteiger partial charge in [-0.1, -0.05) is 60.7 Å². The standard InChI is InChI=1S/C23H24N2O2/c1-27-22-14-12-19(13-15-22)16-17-24-23(26)25(21-10-6-3-7-11-21)18-20-8-4-2-5-9-20/h2-15H,16-18H2,1H3,(H,24,26). The van der Waals surface area contributed by atoms with Crippen LogP contribution >= 0.6 is 0 Å². The number of methoxy groups -OCH3 is 1. The molecule has 27 heavy (non-hydrogen) atoms. The Kier molecular flexibility index (Phi) is 6.47. The second-order valence-corrected chi connectivity index (χ2v) is 6.24. The number of nitrogens with zero attached hydrogens (tertiary/aromatic N) is 1. The van der Waals surface area contributed by atoms with Crippen LogP contribution in [-0.4, -0.2) is 19.7 Å². The van der Waals surface area contributed by atoms with Gasteiger partial charge in [-0.25, -0.2) is 4.79 Å². The first-order valence-corrected chi connectivity index (χ1v) is 9.03. The van der Waals surface area contributed by atoms with E-state index < -0.39 is 0 Å². The second kappa shape index (κ2) is 9.43. The topological polar surface area (TPSA) is 41.6 Å². The molecule has 0 saturated carbocycles. The Labute approximate surface area is 160 Å². The molecule has 3 rings (SSSR count). The smallest absolute Gasteiger partial charge is 0.322 e. The highest BCUT2D eigenvalue weighted by Gasteiger charge is 2.15. The molecule has 3 aromatic rings. The minimum absolute atomic E-state index is 0.0986. The molecule has 4 heteroatoms. The maximum Gasteiger partial charge on any atom is 0.322 e. The van der Waals surface area contributed by atoms with Crippen molar-refractivity contribution in [1.82, 2.24) is 5.32 Å². The zero-order valence-corrected chi connectivity index (χ0v) is 15.5. The summed E-state index contributed by atoms with van der Waals surface area (Å²) >= 11 is 0. The molecule has 1 N–H and O–H groups in total. The summed E-state index contributed by atoms with van der Waals surface area (Å²) in [5.74, 6) is 0.834. The van der Waals surface area contributed by atoms with Crippen molar-refractivity contribution in [2.24, 2.45) is 0 Å². The molecule has 3 aromatic carbocycles. The van der Waals surface area contributed by atoms with Gasteiger partial charge in [-0.15, -0.1) is 0 Å². The van der Waals surface area contributed by atoms with E-state index in [0.29, 0.717) is 13.1 Å². The fourth-order valence-electron chi connectivity index (χ4n) is 2.86. The Balaban J connectivity index is 1.63. The van der Waals surface area contributed by atoms with Gasteiger partial charge in [0.1, 0.15) is 5.75 Å². The van der Waals surface area contributed by atoms with E-state index in [4.69, 9.17) is 4.74 Å². The van der Waals surface area contributed by atoms with Crippen molar-refractivity contribution in [3.05, 3.63) is 96.1 Å². The molecule has 0 aromatic heterocycles. The maximum absolute atomic E-state index is 12.8. The molecular weight excluding hydrogens is 336 g/mol. The van der Waals surface area contributed by atoms with Crippen LogP contribution in [0.5, 0.6) is 5.75 Å². The molecule has 0 fully saturated rings. The van der Waals surface area contributed by atoms with Crippen LogP contribution < -0.4 is 15.0 Å². The minimum atomic E-state index is -0.0986. The van der Waals surface area contributed by atoms with E-state index in [2.05, 4.69) is 5.32 Å². The van der Waals surface area contributed by atoms with Crippen molar-refractivity contribution in [3.8, 4) is 5.75 Å². The molecule has 0 unspecified atom stereocenters. The summed E-state index contributed by atoms with van der Waals surface area (Å²) in [4.78, 5) is 14.6. The molecule has 0 aliphatic carbocycles. The van der Waals surface area contributed by atoms with Crippen molar-refractivity contribution >= 4 is 11.7 Å². The number of carbonyl (C=O) groups is 1. The number of hydrogen-bond donors (Lipinski definition) is 1. The highest BCUT2D eigenvalue weighted by atomic mass is 16.5. The van der Waals surface area contributed by atoms with Crippen molar-refractivity contribution in [2.75, 3.05) is 18.6 Å². The predicted molar refractivity (Wildman–Crippen MR) is 109 cm³/mol. The molecule has 0 aliphatic heterocycles. The average Bonchev–Trinajstić information content (AvgIpc) is 2.74. The number of amides is 2. The number of ether oxygens (including phenoxy) is 1. The number of para-hydroxylation sites is 1. The highest BCUT2D eigenvalue weighted by Crippen LogP contribution is 2.17. The third-order valence-electron chi connectivity index (χ3n) is 4.35. The Hall–Kier alpha value is -3.27. The lowest BCUT2D eigenvalue weighted by molar-refractivity contribution is 0.246. The monoisotopic (exact) mass is 360 g/mol. The van der Waals surface area contributed by atoms with Gasteiger partial charge in [0.2, 0.25) is 0 Å². The van der Waals surface area contributed by atoms with Crippen molar-refractivity contribution in [3.63, 3.8) is 0 Å². The first-order valence-electron chi connectivity index (χ1n) is 9.03. The summed E-state index contributed by atoms with van der Waals surface area (Å²) in [6.45, 7) is 1.10. The van der Waals surface area contributed by atoms with Gasteiger partial charge in [0.05, 0.1) is 13.7 Å². The van der Waals surface area contributed by atoms with E-state index in [9.17, 15) is 4.79 Å². The van der Waals surface area contributed by atoms with Crippen molar-refractivity contribution in [1.29, 1.82) is 0 Å². The van der Waals surface area contributed by atoms with E-state index in [1.807, 2.05) is 84.9 Å². The molecule has 0 aliphatic rings. The van der Waals surface area contributed by atoms with Crippen molar-refractivity contribution in [2.45, 2.75) is 13.0 Å². The Morgan fingerprint density at radius 3 is 2.11 bits per heavy atom. The molecule has 2 amide bonds. The van der Waals surface area contributed by atoms with Crippen LogP contribution in [-0.2, 0) is 13.0 Å². The summed E-state index contributed by atoms with van der Waals surface area (Å²) in [6, 6.07) is 27.5. The molecule has 0 spiro atoms. The van der Waals surface area contributed by atoms with Crippen LogP contribution in [0.15, 0.2) is 84.9 Å². The zero-order valence-electron chi connectivity index (χ0n) is 15.5. The fraction of sp³-hybridized carbons (Fsp3) is 0.174. The lowest BCUT2D eigenvalue weighted by Gasteiger charge is -2.23. The summed E-state index contributed by atoms with van der Waals surface area (Å²) in [7, 11) is 1.65. The highest BCUT2D eigenvalue weighted by molar-refractivity contribution is 5.91. The Morgan fingerprint density at radius 2 is 1.48 bits per heavy atom. The molecule has 0 bridgehead atoms. The number of benzene rings is 3. The van der Waals surface area contributed by atoms with Crippen LogP contribution in [0.25, 0.3) is 0 Å². The third kappa shape index (κ3) is 5.35. The number of anilines is 1. The predicted octanol–water partition coefficient (Wildman–Crippen LogP) is 4.65. The van der Waals surface area contributed by atoms with Crippen LogP contribution in [0.3, 0.4) is 0 Å². The third-order valence-corrected chi connectivity index (χ3v) is 4.35. The molecular formula is C23H24N2O2. The number of hydrogen-bond acceptors (Lipinski definition) is 2. The normalized spacial score (nSPS) is 10.3. The average molecular weight is 360 g/mol. The van der Waals surface area contributed by atoms with E-state index in [-0.39, 0.29) is 6.03 Å². The second-order valence-electron chi connectivity index (χ2n) is 6.24. The molecule has 0 radical (unpaired) electrons. The Bertz CT molecular complexity index is 833. The quantitative estimate of drug-likeness (QED) is 0.666. The lowest BCUT2D eigenvalue weighted by atomic mass is 10.1. The van der Waals surface area contributed by atoms with Crippen LogP contribution in [0.4, 0.5) is 10.5 Å². The van der Waals surface area contributed by atoms with Gasteiger partial charge in [0.25, 0.3) is 0 Å². The van der Waals surface area contributed by atoms with E-state index in [1.54, 1.807) is 12.0 Å². The van der Waals surface area contributed by atoms with E-state index >= 15 is 0 Å². The molecule has 138 valence electrons. The molecule has 0 heterocycles. The molecule has 0 atom stereocenters. The van der Waals surface area contributed by atoms with E-state index in [0.717, 1.165) is 29.0 Å². The summed E-state index contributed by atoms with van der Waals surface area (Å²) in [5.41, 5.74) is 3.13. The van der Waals surface area contributed by atoms with Crippen LogP contribution in [0.1, 0.15) is 11.1 Å². The van der Waals surface area contributed by atoms with Crippen molar-refractivity contribution < 1.29 is 9.53 Å².